The molecule has 0 saturated heterocycles. The molecule has 0 aliphatic carbocycles. The smallest absolute Gasteiger partial charge is 0.188 e. The Morgan fingerprint density at radius 3 is 2.72 bits per heavy atom. The van der Waals surface area contributed by atoms with Gasteiger partial charge < -0.3 is 5.32 Å². The lowest BCUT2D eigenvalue weighted by Gasteiger charge is -2.13. The van der Waals surface area contributed by atoms with E-state index in [1.807, 2.05) is 11.6 Å². The molecule has 2 heterocycles. The first-order valence-corrected chi connectivity index (χ1v) is 6.13. The van der Waals surface area contributed by atoms with Crippen molar-refractivity contribution in [1.82, 2.24) is 35.7 Å². The van der Waals surface area contributed by atoms with E-state index in [0.717, 1.165) is 12.2 Å². The van der Waals surface area contributed by atoms with Gasteiger partial charge in [0, 0.05) is 23.8 Å². The molecule has 98 valence electrons. The van der Waals surface area contributed by atoms with Crippen molar-refractivity contribution in [3.05, 3.63) is 22.8 Å². The number of aromatic nitrogens is 6. The van der Waals surface area contributed by atoms with Crippen LogP contribution in [0.2, 0.25) is 0 Å². The molecule has 7 nitrogen and oxygen atoms in total. The first-order chi connectivity index (χ1) is 8.63. The number of rotatable bonds is 5. The normalized spacial score (nSPS) is 12.9. The minimum Gasteiger partial charge on any atom is -0.303 e. The van der Waals surface area contributed by atoms with Crippen molar-refractivity contribution in [2.45, 2.75) is 46.8 Å². The first kappa shape index (κ1) is 12.7. The highest BCUT2D eigenvalue weighted by Gasteiger charge is 2.16. The monoisotopic (exact) mass is 249 g/mol. The van der Waals surface area contributed by atoms with Gasteiger partial charge in [-0.05, 0) is 27.7 Å². The van der Waals surface area contributed by atoms with Gasteiger partial charge in [0.25, 0.3) is 0 Å². The number of hydrogen-bond acceptors (Lipinski definition) is 5. The third-order valence-corrected chi connectivity index (χ3v) is 3.13. The molecule has 0 aliphatic heterocycles. The summed E-state index contributed by atoms with van der Waals surface area (Å²) in [5, 5.41) is 21.7. The van der Waals surface area contributed by atoms with Crippen LogP contribution in [0.3, 0.4) is 0 Å². The van der Waals surface area contributed by atoms with Crippen LogP contribution < -0.4 is 5.32 Å². The van der Waals surface area contributed by atoms with Gasteiger partial charge in [0.05, 0.1) is 12.2 Å². The van der Waals surface area contributed by atoms with Gasteiger partial charge in [-0.1, -0.05) is 5.21 Å². The Morgan fingerprint density at radius 2 is 2.17 bits per heavy atom. The fraction of sp³-hybridized carbons (Fsp3) is 0.636. The van der Waals surface area contributed by atoms with Crippen LogP contribution in [-0.4, -0.2) is 30.4 Å². The molecule has 18 heavy (non-hydrogen) atoms. The minimum atomic E-state index is 0.212. The highest BCUT2D eigenvalue weighted by molar-refractivity contribution is 5.27. The van der Waals surface area contributed by atoms with Crippen LogP contribution in [0.5, 0.6) is 0 Å². The molecular weight excluding hydrogens is 230 g/mol. The summed E-state index contributed by atoms with van der Waals surface area (Å²) in [6.07, 6.45) is 0. The third-order valence-electron chi connectivity index (χ3n) is 3.13. The van der Waals surface area contributed by atoms with Gasteiger partial charge in [0.2, 0.25) is 0 Å². The molecular formula is C11H19N7. The molecule has 2 aromatic rings. The number of nitrogens with one attached hydrogen (secondary N) is 2. The van der Waals surface area contributed by atoms with Gasteiger partial charge in [0.15, 0.2) is 5.82 Å². The molecule has 0 amide bonds. The van der Waals surface area contributed by atoms with Crippen molar-refractivity contribution >= 4 is 0 Å². The van der Waals surface area contributed by atoms with Crippen molar-refractivity contribution in [3.8, 4) is 0 Å². The second-order valence-electron chi connectivity index (χ2n) is 4.33. The van der Waals surface area contributed by atoms with E-state index >= 15 is 0 Å². The Bertz CT molecular complexity index is 500. The van der Waals surface area contributed by atoms with Crippen molar-refractivity contribution in [3.63, 3.8) is 0 Å². The lowest BCUT2D eigenvalue weighted by Crippen LogP contribution is -2.20. The molecule has 2 aromatic heterocycles. The van der Waals surface area contributed by atoms with Crippen LogP contribution in [0.1, 0.15) is 42.7 Å². The quantitative estimate of drug-likeness (QED) is 0.822. The number of hydrogen-bond donors (Lipinski definition) is 2. The summed E-state index contributed by atoms with van der Waals surface area (Å²) in [5.41, 5.74) is 3.53. The molecule has 0 bridgehead atoms. The van der Waals surface area contributed by atoms with Crippen LogP contribution >= 0.6 is 0 Å². The summed E-state index contributed by atoms with van der Waals surface area (Å²) in [6.45, 7) is 9.85. The SMILES string of the molecule is CCn1nc(C)c(C(C)NCc2nn[nH]n2)c1C. The van der Waals surface area contributed by atoms with E-state index in [1.54, 1.807) is 0 Å². The zero-order chi connectivity index (χ0) is 13.1. The average molecular weight is 249 g/mol. The van der Waals surface area contributed by atoms with Gasteiger partial charge in [-0.15, -0.1) is 10.2 Å². The number of nitrogens with zero attached hydrogens (tertiary/aromatic N) is 5. The van der Waals surface area contributed by atoms with E-state index in [9.17, 15) is 0 Å². The average Bonchev–Trinajstić information content (AvgIpc) is 2.94. The van der Waals surface area contributed by atoms with Crippen molar-refractivity contribution in [2.75, 3.05) is 0 Å². The molecule has 1 atom stereocenters. The van der Waals surface area contributed by atoms with Crippen LogP contribution in [0.25, 0.3) is 0 Å². The van der Waals surface area contributed by atoms with E-state index < -0.39 is 0 Å². The largest absolute Gasteiger partial charge is 0.303 e. The molecule has 0 aliphatic rings. The van der Waals surface area contributed by atoms with E-state index in [1.165, 1.54) is 11.3 Å². The number of aryl methyl sites for hydroxylation is 2. The standard InChI is InChI=1S/C11H19N7/c1-5-18-9(4)11(8(3)15-18)7(2)12-6-10-13-16-17-14-10/h7,12H,5-6H2,1-4H3,(H,13,14,16,17). The lowest BCUT2D eigenvalue weighted by atomic mass is 10.1. The third kappa shape index (κ3) is 2.40. The maximum absolute atomic E-state index is 4.52. The summed E-state index contributed by atoms with van der Waals surface area (Å²) in [5.74, 6) is 0.667. The molecule has 0 saturated carbocycles. The second-order valence-corrected chi connectivity index (χ2v) is 4.33. The van der Waals surface area contributed by atoms with Crippen molar-refractivity contribution < 1.29 is 0 Å². The molecule has 7 heteroatoms. The van der Waals surface area contributed by atoms with Crippen molar-refractivity contribution in [1.29, 1.82) is 0 Å². The fourth-order valence-electron chi connectivity index (χ4n) is 2.25. The molecule has 0 radical (unpaired) electrons. The van der Waals surface area contributed by atoms with Crippen LogP contribution in [-0.2, 0) is 13.1 Å². The van der Waals surface area contributed by atoms with Gasteiger partial charge in [0.1, 0.15) is 0 Å². The highest BCUT2D eigenvalue weighted by Crippen LogP contribution is 2.21. The first-order valence-electron chi connectivity index (χ1n) is 6.13. The summed E-state index contributed by atoms with van der Waals surface area (Å²) >= 11 is 0. The molecule has 1 unspecified atom stereocenters. The Balaban J connectivity index is 2.08. The Hall–Kier alpha value is -1.76. The summed E-state index contributed by atoms with van der Waals surface area (Å²) in [4.78, 5) is 0. The van der Waals surface area contributed by atoms with Gasteiger partial charge in [-0.2, -0.15) is 10.3 Å². The second kappa shape index (κ2) is 5.26. The minimum absolute atomic E-state index is 0.212. The zero-order valence-corrected chi connectivity index (χ0v) is 11.2. The molecule has 2 rings (SSSR count). The topological polar surface area (TPSA) is 84.3 Å². The van der Waals surface area contributed by atoms with Gasteiger partial charge in [-0.25, -0.2) is 0 Å². The Kier molecular flexibility index (Phi) is 3.71. The van der Waals surface area contributed by atoms with E-state index in [4.69, 9.17) is 0 Å². The Morgan fingerprint density at radius 1 is 1.39 bits per heavy atom. The van der Waals surface area contributed by atoms with Crippen LogP contribution in [0, 0.1) is 13.8 Å². The molecule has 2 N–H and O–H groups in total. The Labute approximate surface area is 106 Å². The molecule has 0 aromatic carbocycles. The zero-order valence-electron chi connectivity index (χ0n) is 11.2. The highest BCUT2D eigenvalue weighted by atomic mass is 15.5. The van der Waals surface area contributed by atoms with E-state index in [0.29, 0.717) is 12.4 Å². The predicted molar refractivity (Wildman–Crippen MR) is 66.8 cm³/mol. The molecule has 0 spiro atoms. The van der Waals surface area contributed by atoms with Gasteiger partial charge in [-0.3, -0.25) is 4.68 Å². The molecule has 0 fully saturated rings. The predicted octanol–water partition coefficient (Wildman–Crippen LogP) is 0.884. The summed E-state index contributed by atoms with van der Waals surface area (Å²) < 4.78 is 2.02. The van der Waals surface area contributed by atoms with E-state index in [-0.39, 0.29) is 6.04 Å². The number of aromatic amines is 1. The number of tetrazole rings is 1. The fourth-order valence-corrected chi connectivity index (χ4v) is 2.25. The lowest BCUT2D eigenvalue weighted by molar-refractivity contribution is 0.552. The maximum atomic E-state index is 4.52. The summed E-state index contributed by atoms with van der Waals surface area (Å²) in [7, 11) is 0. The number of H-pyrrole nitrogens is 1. The van der Waals surface area contributed by atoms with Crippen LogP contribution in [0.4, 0.5) is 0 Å². The van der Waals surface area contributed by atoms with Gasteiger partial charge >= 0.3 is 0 Å². The summed E-state index contributed by atoms with van der Waals surface area (Å²) in [6, 6.07) is 0.212. The van der Waals surface area contributed by atoms with E-state index in [2.05, 4.69) is 51.8 Å². The van der Waals surface area contributed by atoms with Crippen molar-refractivity contribution in [2.24, 2.45) is 0 Å². The van der Waals surface area contributed by atoms with Crippen LogP contribution in [0.15, 0.2) is 0 Å². The maximum Gasteiger partial charge on any atom is 0.188 e.